The quantitative estimate of drug-likeness (QED) is 0.552. The van der Waals surface area contributed by atoms with Gasteiger partial charge in [0, 0.05) is 36.7 Å². The number of nitrogens with zero attached hydrogens (tertiary/aromatic N) is 3. The molecule has 0 aliphatic heterocycles. The smallest absolute Gasteiger partial charge is 0.257 e. The van der Waals surface area contributed by atoms with Gasteiger partial charge in [0.1, 0.15) is 0 Å². The number of aromatic nitrogens is 1. The summed E-state index contributed by atoms with van der Waals surface area (Å²) < 4.78 is 0. The fraction of sp³-hybridized carbons (Fsp3) is 0.231. The molecule has 1 heterocycles. The molecule has 3 aromatic rings. The Morgan fingerprint density at radius 3 is 2.48 bits per heavy atom. The van der Waals surface area contributed by atoms with Crippen LogP contribution in [0.1, 0.15) is 45.7 Å². The summed E-state index contributed by atoms with van der Waals surface area (Å²) in [6, 6.07) is 19.5. The third-order valence-electron chi connectivity index (χ3n) is 5.20. The monoisotopic (exact) mass is 441 g/mol. The van der Waals surface area contributed by atoms with Crippen LogP contribution in [-0.2, 0) is 6.54 Å². The molecule has 0 aliphatic carbocycles. The lowest BCUT2D eigenvalue weighted by Crippen LogP contribution is -2.41. The van der Waals surface area contributed by atoms with Crippen LogP contribution in [0.4, 0.5) is 5.69 Å². The van der Waals surface area contributed by atoms with Crippen LogP contribution in [0.2, 0.25) is 0 Å². The van der Waals surface area contributed by atoms with Gasteiger partial charge in [0.15, 0.2) is 0 Å². The maximum atomic E-state index is 13.3. The van der Waals surface area contributed by atoms with E-state index in [0.29, 0.717) is 42.0 Å². The van der Waals surface area contributed by atoms with Crippen LogP contribution in [0.3, 0.4) is 0 Å². The first-order chi connectivity index (χ1) is 15.8. The number of hydrogen-bond acceptors (Lipinski definition) is 5. The Kier molecular flexibility index (Phi) is 7.54. The molecule has 7 nitrogen and oxygen atoms in total. The summed E-state index contributed by atoms with van der Waals surface area (Å²) in [4.78, 5) is 31.5. The van der Waals surface area contributed by atoms with Gasteiger partial charge in [-0.3, -0.25) is 14.6 Å². The molecule has 0 bridgehead atoms. The van der Waals surface area contributed by atoms with Gasteiger partial charge < -0.3 is 16.0 Å². The maximum absolute atomic E-state index is 13.3. The lowest BCUT2D eigenvalue weighted by molar-refractivity contribution is 0.0673. The standard InChI is InChI=1S/C26H27N5O2/c1-26(2,17-28)18-31(25(33)21-10-8-19(14-27)9-11-21)16-20-5-3-7-23(13-20)30-24(32)22-6-4-12-29-15-22/h3-13,15H,16-18,28H2,1-2H3,(H,30,32). The highest BCUT2D eigenvalue weighted by Crippen LogP contribution is 2.21. The van der Waals surface area contributed by atoms with E-state index in [9.17, 15) is 9.59 Å². The number of nitriles is 1. The van der Waals surface area contributed by atoms with Crippen molar-refractivity contribution in [1.29, 1.82) is 5.26 Å². The molecule has 0 spiro atoms. The number of amides is 2. The molecular weight excluding hydrogens is 414 g/mol. The molecule has 0 radical (unpaired) electrons. The van der Waals surface area contributed by atoms with E-state index in [4.69, 9.17) is 11.0 Å². The third kappa shape index (κ3) is 6.48. The van der Waals surface area contributed by atoms with Crippen molar-refractivity contribution in [3.8, 4) is 6.07 Å². The van der Waals surface area contributed by atoms with E-state index in [2.05, 4.69) is 16.4 Å². The first-order valence-electron chi connectivity index (χ1n) is 10.6. The Morgan fingerprint density at radius 2 is 1.85 bits per heavy atom. The van der Waals surface area contributed by atoms with Crippen LogP contribution in [0.15, 0.2) is 73.1 Å². The van der Waals surface area contributed by atoms with E-state index in [1.165, 1.54) is 6.20 Å². The van der Waals surface area contributed by atoms with Gasteiger partial charge in [-0.15, -0.1) is 0 Å². The van der Waals surface area contributed by atoms with Crippen LogP contribution in [-0.4, -0.2) is 34.8 Å². The van der Waals surface area contributed by atoms with Crippen LogP contribution >= 0.6 is 0 Å². The summed E-state index contributed by atoms with van der Waals surface area (Å²) in [5.41, 5.74) is 8.61. The van der Waals surface area contributed by atoms with Gasteiger partial charge in [-0.1, -0.05) is 26.0 Å². The van der Waals surface area contributed by atoms with E-state index in [1.54, 1.807) is 53.6 Å². The summed E-state index contributed by atoms with van der Waals surface area (Å²) >= 11 is 0. The summed E-state index contributed by atoms with van der Waals surface area (Å²) in [6.45, 7) is 5.24. The number of benzene rings is 2. The van der Waals surface area contributed by atoms with E-state index in [0.717, 1.165) is 5.56 Å². The normalized spacial score (nSPS) is 10.8. The summed E-state index contributed by atoms with van der Waals surface area (Å²) in [6.07, 6.45) is 3.12. The van der Waals surface area contributed by atoms with Gasteiger partial charge in [-0.25, -0.2) is 0 Å². The second-order valence-electron chi connectivity index (χ2n) is 8.61. The number of hydrogen-bond donors (Lipinski definition) is 2. The lowest BCUT2D eigenvalue weighted by Gasteiger charge is -2.32. The highest BCUT2D eigenvalue weighted by Gasteiger charge is 2.25. The molecule has 33 heavy (non-hydrogen) atoms. The molecule has 0 atom stereocenters. The molecule has 0 saturated carbocycles. The molecule has 3 N–H and O–H groups in total. The second kappa shape index (κ2) is 10.5. The Labute approximate surface area is 193 Å². The second-order valence-corrected chi connectivity index (χ2v) is 8.61. The van der Waals surface area contributed by atoms with Crippen LogP contribution in [0.5, 0.6) is 0 Å². The molecule has 7 heteroatoms. The Morgan fingerprint density at radius 1 is 1.09 bits per heavy atom. The average molecular weight is 442 g/mol. The lowest BCUT2D eigenvalue weighted by atomic mass is 9.92. The molecule has 0 fully saturated rings. The molecular formula is C26H27N5O2. The van der Waals surface area contributed by atoms with Crippen molar-refractivity contribution >= 4 is 17.5 Å². The molecule has 3 rings (SSSR count). The van der Waals surface area contributed by atoms with Crippen LogP contribution in [0, 0.1) is 16.7 Å². The van der Waals surface area contributed by atoms with Crippen LogP contribution in [0.25, 0.3) is 0 Å². The van der Waals surface area contributed by atoms with Gasteiger partial charge in [0.05, 0.1) is 17.2 Å². The molecule has 0 saturated heterocycles. The minimum absolute atomic E-state index is 0.147. The van der Waals surface area contributed by atoms with E-state index < -0.39 is 0 Å². The zero-order chi connectivity index (χ0) is 23.8. The predicted molar refractivity (Wildman–Crippen MR) is 127 cm³/mol. The Hall–Kier alpha value is -4.02. The molecule has 0 unspecified atom stereocenters. The molecule has 2 amide bonds. The number of carbonyl (C=O) groups excluding carboxylic acids is 2. The van der Waals surface area contributed by atoms with Crippen LogP contribution < -0.4 is 11.1 Å². The van der Waals surface area contributed by atoms with Crippen molar-refractivity contribution in [1.82, 2.24) is 9.88 Å². The third-order valence-corrected chi connectivity index (χ3v) is 5.20. The highest BCUT2D eigenvalue weighted by molar-refractivity contribution is 6.04. The summed E-state index contributed by atoms with van der Waals surface area (Å²) in [5.74, 6) is -0.402. The average Bonchev–Trinajstić information content (AvgIpc) is 2.84. The summed E-state index contributed by atoms with van der Waals surface area (Å²) in [5, 5.41) is 11.9. The molecule has 0 aliphatic rings. The molecule has 2 aromatic carbocycles. The molecule has 168 valence electrons. The minimum Gasteiger partial charge on any atom is -0.334 e. The van der Waals surface area contributed by atoms with Crippen molar-refractivity contribution in [3.05, 3.63) is 95.3 Å². The van der Waals surface area contributed by atoms with Crippen molar-refractivity contribution in [2.75, 3.05) is 18.4 Å². The Balaban J connectivity index is 1.81. The largest absolute Gasteiger partial charge is 0.334 e. The first kappa shape index (κ1) is 23.6. The number of rotatable bonds is 8. The van der Waals surface area contributed by atoms with Gasteiger partial charge in [-0.2, -0.15) is 5.26 Å². The number of carbonyl (C=O) groups is 2. The summed E-state index contributed by atoms with van der Waals surface area (Å²) in [7, 11) is 0. The topological polar surface area (TPSA) is 112 Å². The zero-order valence-electron chi connectivity index (χ0n) is 18.8. The highest BCUT2D eigenvalue weighted by atomic mass is 16.2. The van der Waals surface area contributed by atoms with Gasteiger partial charge in [0.2, 0.25) is 0 Å². The fourth-order valence-electron chi connectivity index (χ4n) is 3.32. The zero-order valence-corrected chi connectivity index (χ0v) is 18.8. The number of anilines is 1. The van der Waals surface area contributed by atoms with E-state index >= 15 is 0 Å². The Bertz CT molecular complexity index is 1150. The SMILES string of the molecule is CC(C)(CN)CN(Cc1cccc(NC(=O)c2cccnc2)c1)C(=O)c1ccc(C#N)cc1. The van der Waals surface area contributed by atoms with Crippen molar-refractivity contribution in [2.45, 2.75) is 20.4 Å². The number of pyridine rings is 1. The van der Waals surface area contributed by atoms with Crippen molar-refractivity contribution < 1.29 is 9.59 Å². The van der Waals surface area contributed by atoms with Crippen molar-refractivity contribution in [3.63, 3.8) is 0 Å². The van der Waals surface area contributed by atoms with Gasteiger partial charge >= 0.3 is 0 Å². The number of nitrogens with two attached hydrogens (primary N) is 1. The first-order valence-corrected chi connectivity index (χ1v) is 10.6. The van der Waals surface area contributed by atoms with Gasteiger partial charge in [-0.05, 0) is 66.1 Å². The van der Waals surface area contributed by atoms with E-state index in [1.807, 2.05) is 32.0 Å². The fourth-order valence-corrected chi connectivity index (χ4v) is 3.32. The molecule has 1 aromatic heterocycles. The predicted octanol–water partition coefficient (Wildman–Crippen LogP) is 3.83. The van der Waals surface area contributed by atoms with Crippen molar-refractivity contribution in [2.24, 2.45) is 11.1 Å². The number of nitrogens with one attached hydrogen (secondary N) is 1. The van der Waals surface area contributed by atoms with Gasteiger partial charge in [0.25, 0.3) is 11.8 Å². The minimum atomic E-state index is -0.283. The van der Waals surface area contributed by atoms with E-state index in [-0.39, 0.29) is 17.2 Å². The maximum Gasteiger partial charge on any atom is 0.257 e.